The molecule has 2 heterocycles. The van der Waals surface area contributed by atoms with Crippen molar-refractivity contribution < 1.29 is 41.0 Å². The van der Waals surface area contributed by atoms with E-state index in [0.717, 1.165) is 17.0 Å². The Morgan fingerprint density at radius 2 is 1.94 bits per heavy atom. The number of likely N-dealkylation sites (tertiary alicyclic amines) is 1. The number of nitrogens with one attached hydrogen (secondary N) is 1. The van der Waals surface area contributed by atoms with Crippen LogP contribution in [0.25, 0.3) is 0 Å². The number of alkyl halides is 5. The van der Waals surface area contributed by atoms with Crippen LogP contribution in [0.3, 0.4) is 0 Å². The molecule has 2 amide bonds. The number of pyridine rings is 1. The van der Waals surface area contributed by atoms with Crippen LogP contribution in [0.1, 0.15) is 15.9 Å². The fourth-order valence-corrected chi connectivity index (χ4v) is 3.70. The normalized spacial score (nSPS) is 17.4. The fraction of sp³-hybridized carbons (Fsp3) is 0.381. The third-order valence-electron chi connectivity index (χ3n) is 5.07. The summed E-state index contributed by atoms with van der Waals surface area (Å²) in [6.07, 6.45) is -3.77. The molecule has 3 rings (SSSR count). The summed E-state index contributed by atoms with van der Waals surface area (Å²) in [6.45, 7) is -1.48. The number of ether oxygens (including phenoxy) is 2. The third-order valence-corrected chi connectivity index (χ3v) is 5.77. The van der Waals surface area contributed by atoms with E-state index in [2.05, 4.69) is 31.9 Å². The maximum atomic E-state index is 14.6. The molecule has 1 saturated heterocycles. The number of hydrogen-bond donors (Lipinski definition) is 1. The van der Waals surface area contributed by atoms with Crippen molar-refractivity contribution >= 4 is 33.1 Å². The molecule has 0 aliphatic carbocycles. The van der Waals surface area contributed by atoms with Crippen LogP contribution < -0.4 is 19.3 Å². The van der Waals surface area contributed by atoms with Crippen molar-refractivity contribution in [3.8, 4) is 11.5 Å². The zero-order valence-corrected chi connectivity index (χ0v) is 19.6. The van der Waals surface area contributed by atoms with E-state index >= 15 is 0 Å². The van der Waals surface area contributed by atoms with Crippen LogP contribution in [-0.2, 0) is 11.2 Å². The van der Waals surface area contributed by atoms with Crippen LogP contribution in [0.15, 0.2) is 36.5 Å². The van der Waals surface area contributed by atoms with Gasteiger partial charge in [0, 0.05) is 0 Å². The molecule has 1 N–H and O–H groups in total. The van der Waals surface area contributed by atoms with Gasteiger partial charge in [-0.2, -0.15) is 0 Å². The Kier molecular flexibility index (Phi) is 7.70. The van der Waals surface area contributed by atoms with Gasteiger partial charge in [-0.3, -0.25) is 0 Å². The Hall–Kier alpha value is -2.88. The summed E-state index contributed by atoms with van der Waals surface area (Å²) in [5, 5.41) is 2.43. The molecule has 0 saturated carbocycles. The van der Waals surface area contributed by atoms with Crippen LogP contribution in [0, 0.1) is 5.92 Å². The number of benzene rings is 1. The van der Waals surface area contributed by atoms with Crippen LogP contribution in [-0.4, -0.2) is 77.6 Å². The second-order valence-corrected chi connectivity index (χ2v) is 8.43. The van der Waals surface area contributed by atoms with Gasteiger partial charge in [0.1, 0.15) is 5.75 Å². The van der Waals surface area contributed by atoms with Gasteiger partial charge >= 0.3 is 176 Å². The number of amides is 2. The van der Waals surface area contributed by atoms with Gasteiger partial charge in [-0.05, 0) is 0 Å². The second-order valence-electron chi connectivity index (χ2n) is 7.54. The van der Waals surface area contributed by atoms with E-state index in [4.69, 9.17) is 4.74 Å². The number of carbonyl (C=O) groups excluding carboxylic acids is 2. The summed E-state index contributed by atoms with van der Waals surface area (Å²) in [7, 11) is 1.44. The molecule has 34 heavy (non-hydrogen) atoms. The van der Waals surface area contributed by atoms with Gasteiger partial charge in [-0.15, -0.1) is 13.2 Å². The fourth-order valence-electron chi connectivity index (χ4n) is 3.31. The SMILES string of the molecule is CNC(=O)c1cnc([As])c(OC[C@H]2CN(C(=O)Cc3ccc(OC(F)(F)F)cc3)CC2(F)F)c1. The summed E-state index contributed by atoms with van der Waals surface area (Å²) in [5.41, 5.74) is 0.557. The Morgan fingerprint density at radius 3 is 2.56 bits per heavy atom. The molecule has 1 aliphatic heterocycles. The minimum absolute atomic E-state index is 0.155. The molecule has 1 aliphatic rings. The van der Waals surface area contributed by atoms with Crippen molar-refractivity contribution in [2.75, 3.05) is 26.7 Å². The standard InChI is InChI=1S/C21H19AsF5N3O4/c1-28-19(32)13-7-16(18(22)29-8-13)33-10-14-9-30(11-20(14,23)24)17(31)6-12-2-4-15(5-3-12)34-21(25,26)27/h2-5,7-8,14H,6,9-11H2,1H3,(H,28,32)/t14-/m1/s1. The molecule has 1 aromatic heterocycles. The van der Waals surface area contributed by atoms with Crippen molar-refractivity contribution in [1.82, 2.24) is 15.2 Å². The third kappa shape index (κ3) is 6.59. The van der Waals surface area contributed by atoms with Gasteiger partial charge in [0.15, 0.2) is 0 Å². The first kappa shape index (κ1) is 25.7. The van der Waals surface area contributed by atoms with Crippen molar-refractivity contribution in [2.45, 2.75) is 18.7 Å². The Morgan fingerprint density at radius 1 is 1.26 bits per heavy atom. The van der Waals surface area contributed by atoms with Gasteiger partial charge in [-0.1, -0.05) is 0 Å². The molecule has 2 aromatic rings. The van der Waals surface area contributed by atoms with Crippen molar-refractivity contribution in [3.63, 3.8) is 0 Å². The van der Waals surface area contributed by atoms with Crippen LogP contribution in [0.4, 0.5) is 22.0 Å². The van der Waals surface area contributed by atoms with Crippen LogP contribution in [0.5, 0.6) is 11.5 Å². The van der Waals surface area contributed by atoms with Gasteiger partial charge in [0.2, 0.25) is 0 Å². The summed E-state index contributed by atoms with van der Waals surface area (Å²) < 4.78 is 75.5. The average molecular weight is 547 g/mol. The van der Waals surface area contributed by atoms with Gasteiger partial charge in [0.25, 0.3) is 0 Å². The number of rotatable bonds is 7. The first-order valence-electron chi connectivity index (χ1n) is 9.92. The predicted molar refractivity (Wildman–Crippen MR) is 110 cm³/mol. The molecule has 0 bridgehead atoms. The zero-order valence-electron chi connectivity index (χ0n) is 17.7. The number of halogens is 5. The molecule has 1 aromatic carbocycles. The molecule has 2 radical (unpaired) electrons. The number of hydrogen-bond acceptors (Lipinski definition) is 5. The summed E-state index contributed by atoms with van der Waals surface area (Å²) in [6, 6.07) is 6.02. The number of aromatic nitrogens is 1. The Labute approximate surface area is 200 Å². The van der Waals surface area contributed by atoms with Crippen LogP contribution >= 0.6 is 0 Å². The molecule has 7 nitrogen and oxygen atoms in total. The molecule has 1 fully saturated rings. The predicted octanol–water partition coefficient (Wildman–Crippen LogP) is 1.85. The average Bonchev–Trinajstić information content (AvgIpc) is 3.07. The topological polar surface area (TPSA) is 80.8 Å². The number of nitrogens with zero attached hydrogens (tertiary/aromatic N) is 2. The van der Waals surface area contributed by atoms with E-state index in [1.54, 1.807) is 0 Å². The van der Waals surface area contributed by atoms with E-state index in [1.807, 2.05) is 0 Å². The Bertz CT molecular complexity index is 1050. The van der Waals surface area contributed by atoms with Crippen molar-refractivity contribution in [3.05, 3.63) is 47.7 Å². The molecule has 13 heteroatoms. The molecule has 0 unspecified atom stereocenters. The first-order chi connectivity index (χ1) is 15.9. The molecule has 182 valence electrons. The molecule has 0 spiro atoms. The van der Waals surface area contributed by atoms with Gasteiger partial charge < -0.3 is 4.74 Å². The Balaban J connectivity index is 1.60. The monoisotopic (exact) mass is 547 g/mol. The molecular formula is C21H19AsF5N3O4. The van der Waals surface area contributed by atoms with E-state index in [0.29, 0.717) is 10.0 Å². The number of carbonyl (C=O) groups is 2. The van der Waals surface area contributed by atoms with Gasteiger partial charge in [-0.25, -0.2) is 0 Å². The molecular weight excluding hydrogens is 528 g/mol. The quantitative estimate of drug-likeness (QED) is 0.423. The first-order valence-corrected chi connectivity index (χ1v) is 10.9. The summed E-state index contributed by atoms with van der Waals surface area (Å²) in [5.74, 6) is -5.81. The van der Waals surface area contributed by atoms with E-state index in [9.17, 15) is 31.5 Å². The maximum absolute atomic E-state index is 14.6. The van der Waals surface area contributed by atoms with E-state index in [-0.39, 0.29) is 24.3 Å². The van der Waals surface area contributed by atoms with E-state index in [1.165, 1.54) is 31.4 Å². The van der Waals surface area contributed by atoms with Crippen molar-refractivity contribution in [1.29, 1.82) is 0 Å². The second kappa shape index (κ2) is 10.2. The summed E-state index contributed by atoms with van der Waals surface area (Å²) >= 11 is 2.12. The summed E-state index contributed by atoms with van der Waals surface area (Å²) in [4.78, 5) is 29.3. The van der Waals surface area contributed by atoms with Crippen molar-refractivity contribution in [2.24, 2.45) is 5.92 Å². The zero-order chi connectivity index (χ0) is 25.1. The molecule has 1 atom stereocenters. The van der Waals surface area contributed by atoms with Gasteiger partial charge in [0.05, 0.1) is 0 Å². The van der Waals surface area contributed by atoms with E-state index < -0.39 is 48.9 Å². The van der Waals surface area contributed by atoms with Crippen LogP contribution in [0.2, 0.25) is 0 Å². The minimum atomic E-state index is -4.84.